The Morgan fingerprint density at radius 3 is 3.07 bits per heavy atom. The SMILES string of the molecule is O=C1CCC(CNCC2CCC=CO2)N1. The number of carbonyl (C=O) groups is 1. The van der Waals surface area contributed by atoms with Gasteiger partial charge in [-0.05, 0) is 25.3 Å². The van der Waals surface area contributed by atoms with Crippen LogP contribution in [0, 0.1) is 0 Å². The van der Waals surface area contributed by atoms with Crippen molar-refractivity contribution in [3.05, 3.63) is 12.3 Å². The number of carbonyl (C=O) groups excluding carboxylic acids is 1. The summed E-state index contributed by atoms with van der Waals surface area (Å²) in [6.45, 7) is 1.73. The van der Waals surface area contributed by atoms with Crippen LogP contribution in [0.15, 0.2) is 12.3 Å². The van der Waals surface area contributed by atoms with Crippen LogP contribution in [0.2, 0.25) is 0 Å². The standard InChI is InChI=1S/C11H18N2O2/c14-11-5-4-9(13-11)7-12-8-10-3-1-2-6-15-10/h2,6,9-10,12H,1,3-5,7-8H2,(H,13,14). The predicted octanol–water partition coefficient (Wildman–Crippen LogP) is 0.547. The molecule has 0 spiro atoms. The summed E-state index contributed by atoms with van der Waals surface area (Å²) in [6, 6.07) is 0.316. The maximum atomic E-state index is 10.9. The summed E-state index contributed by atoms with van der Waals surface area (Å²) >= 11 is 0. The van der Waals surface area contributed by atoms with E-state index < -0.39 is 0 Å². The highest BCUT2D eigenvalue weighted by Crippen LogP contribution is 2.09. The van der Waals surface area contributed by atoms with E-state index in [1.165, 1.54) is 0 Å². The highest BCUT2D eigenvalue weighted by molar-refractivity contribution is 5.78. The summed E-state index contributed by atoms with van der Waals surface area (Å²) in [6.07, 6.45) is 7.95. The van der Waals surface area contributed by atoms with Crippen molar-refractivity contribution in [2.75, 3.05) is 13.1 Å². The first-order chi connectivity index (χ1) is 7.34. The van der Waals surface area contributed by atoms with Gasteiger partial charge in [0.1, 0.15) is 6.10 Å². The van der Waals surface area contributed by atoms with Crippen molar-refractivity contribution >= 4 is 5.91 Å². The van der Waals surface area contributed by atoms with Gasteiger partial charge in [0.15, 0.2) is 0 Å². The topological polar surface area (TPSA) is 50.4 Å². The summed E-state index contributed by atoms with van der Waals surface area (Å²) in [5.74, 6) is 0.179. The minimum atomic E-state index is 0.179. The third-order valence-electron chi connectivity index (χ3n) is 2.87. The third-order valence-corrected chi connectivity index (χ3v) is 2.87. The average molecular weight is 210 g/mol. The smallest absolute Gasteiger partial charge is 0.220 e. The Morgan fingerprint density at radius 1 is 1.47 bits per heavy atom. The van der Waals surface area contributed by atoms with Crippen LogP contribution >= 0.6 is 0 Å². The normalized spacial score (nSPS) is 30.0. The number of nitrogens with one attached hydrogen (secondary N) is 2. The Labute approximate surface area is 90.1 Å². The number of allylic oxidation sites excluding steroid dienone is 1. The van der Waals surface area contributed by atoms with E-state index in [1.807, 2.05) is 6.08 Å². The monoisotopic (exact) mass is 210 g/mol. The zero-order valence-electron chi connectivity index (χ0n) is 8.87. The molecule has 0 bridgehead atoms. The van der Waals surface area contributed by atoms with Gasteiger partial charge < -0.3 is 15.4 Å². The van der Waals surface area contributed by atoms with E-state index in [4.69, 9.17) is 4.74 Å². The van der Waals surface area contributed by atoms with Gasteiger partial charge in [0.2, 0.25) is 5.91 Å². The minimum absolute atomic E-state index is 0.179. The second kappa shape index (κ2) is 5.16. The van der Waals surface area contributed by atoms with Crippen LogP contribution in [-0.2, 0) is 9.53 Å². The fourth-order valence-corrected chi connectivity index (χ4v) is 1.98. The number of hydrogen-bond donors (Lipinski definition) is 2. The zero-order valence-corrected chi connectivity index (χ0v) is 8.87. The van der Waals surface area contributed by atoms with Crippen molar-refractivity contribution in [2.45, 2.75) is 37.8 Å². The molecule has 0 radical (unpaired) electrons. The molecular weight excluding hydrogens is 192 g/mol. The van der Waals surface area contributed by atoms with Crippen LogP contribution in [0.1, 0.15) is 25.7 Å². The number of hydrogen-bond acceptors (Lipinski definition) is 3. The maximum absolute atomic E-state index is 10.9. The second-order valence-corrected chi connectivity index (χ2v) is 4.17. The van der Waals surface area contributed by atoms with E-state index in [0.717, 1.165) is 32.4 Å². The first-order valence-electron chi connectivity index (χ1n) is 5.65. The molecule has 4 heteroatoms. The first-order valence-corrected chi connectivity index (χ1v) is 5.65. The van der Waals surface area contributed by atoms with Gasteiger partial charge in [-0.1, -0.05) is 0 Å². The first kappa shape index (κ1) is 10.5. The van der Waals surface area contributed by atoms with E-state index in [9.17, 15) is 4.79 Å². The molecule has 15 heavy (non-hydrogen) atoms. The molecule has 2 aliphatic rings. The molecule has 2 rings (SSSR count). The number of rotatable bonds is 4. The summed E-state index contributed by atoms with van der Waals surface area (Å²) in [5, 5.41) is 6.28. The second-order valence-electron chi connectivity index (χ2n) is 4.17. The van der Waals surface area contributed by atoms with Gasteiger partial charge in [0, 0.05) is 25.6 Å². The summed E-state index contributed by atoms with van der Waals surface area (Å²) < 4.78 is 5.43. The quantitative estimate of drug-likeness (QED) is 0.712. The van der Waals surface area contributed by atoms with Crippen LogP contribution in [0.25, 0.3) is 0 Å². The molecule has 1 fully saturated rings. The largest absolute Gasteiger partial charge is 0.497 e. The van der Waals surface area contributed by atoms with Gasteiger partial charge in [-0.25, -0.2) is 0 Å². The summed E-state index contributed by atoms with van der Waals surface area (Å²) in [5.41, 5.74) is 0. The molecule has 0 aromatic carbocycles. The van der Waals surface area contributed by atoms with E-state index >= 15 is 0 Å². The number of ether oxygens (including phenoxy) is 1. The molecule has 2 heterocycles. The van der Waals surface area contributed by atoms with E-state index in [2.05, 4.69) is 10.6 Å². The van der Waals surface area contributed by atoms with Gasteiger partial charge in [-0.2, -0.15) is 0 Å². The molecule has 2 N–H and O–H groups in total. The van der Waals surface area contributed by atoms with Crippen molar-refractivity contribution in [1.29, 1.82) is 0 Å². The lowest BCUT2D eigenvalue weighted by Gasteiger charge is -2.20. The molecule has 1 saturated heterocycles. The van der Waals surface area contributed by atoms with Crippen LogP contribution in [0.3, 0.4) is 0 Å². The van der Waals surface area contributed by atoms with Gasteiger partial charge in [0.05, 0.1) is 6.26 Å². The lowest BCUT2D eigenvalue weighted by molar-refractivity contribution is -0.119. The molecular formula is C11H18N2O2. The summed E-state index contributed by atoms with van der Waals surface area (Å²) in [7, 11) is 0. The molecule has 0 aromatic heterocycles. The van der Waals surface area contributed by atoms with E-state index in [0.29, 0.717) is 18.6 Å². The molecule has 2 unspecified atom stereocenters. The van der Waals surface area contributed by atoms with Gasteiger partial charge >= 0.3 is 0 Å². The molecule has 4 nitrogen and oxygen atoms in total. The van der Waals surface area contributed by atoms with E-state index in [-0.39, 0.29) is 5.91 Å². The molecule has 1 amide bonds. The van der Waals surface area contributed by atoms with Crippen molar-refractivity contribution in [1.82, 2.24) is 10.6 Å². The fraction of sp³-hybridized carbons (Fsp3) is 0.727. The van der Waals surface area contributed by atoms with Crippen LogP contribution in [0.5, 0.6) is 0 Å². The molecule has 0 aromatic rings. The van der Waals surface area contributed by atoms with Crippen molar-refractivity contribution in [2.24, 2.45) is 0 Å². The van der Waals surface area contributed by atoms with Gasteiger partial charge in [-0.15, -0.1) is 0 Å². The van der Waals surface area contributed by atoms with Crippen molar-refractivity contribution in [3.8, 4) is 0 Å². The molecule has 0 aliphatic carbocycles. The van der Waals surface area contributed by atoms with Crippen LogP contribution in [0.4, 0.5) is 0 Å². The highest BCUT2D eigenvalue weighted by Gasteiger charge is 2.20. The van der Waals surface area contributed by atoms with Gasteiger partial charge in [0.25, 0.3) is 0 Å². The van der Waals surface area contributed by atoms with Crippen LogP contribution in [-0.4, -0.2) is 31.1 Å². The molecule has 2 atom stereocenters. The number of amides is 1. The third kappa shape index (κ3) is 3.23. The average Bonchev–Trinajstić information content (AvgIpc) is 2.66. The van der Waals surface area contributed by atoms with Gasteiger partial charge in [-0.3, -0.25) is 4.79 Å². The Morgan fingerprint density at radius 2 is 2.40 bits per heavy atom. The Kier molecular flexibility index (Phi) is 3.61. The lowest BCUT2D eigenvalue weighted by Crippen LogP contribution is -2.39. The molecule has 0 saturated carbocycles. The molecule has 2 aliphatic heterocycles. The Hall–Kier alpha value is -1.03. The van der Waals surface area contributed by atoms with Crippen molar-refractivity contribution in [3.63, 3.8) is 0 Å². The van der Waals surface area contributed by atoms with Crippen molar-refractivity contribution < 1.29 is 9.53 Å². The summed E-state index contributed by atoms with van der Waals surface area (Å²) in [4.78, 5) is 10.9. The fourth-order valence-electron chi connectivity index (χ4n) is 1.98. The zero-order chi connectivity index (χ0) is 10.5. The lowest BCUT2D eigenvalue weighted by atomic mass is 10.1. The maximum Gasteiger partial charge on any atom is 0.220 e. The minimum Gasteiger partial charge on any atom is -0.497 e. The predicted molar refractivity (Wildman–Crippen MR) is 57.3 cm³/mol. The van der Waals surface area contributed by atoms with E-state index in [1.54, 1.807) is 6.26 Å². The highest BCUT2D eigenvalue weighted by atomic mass is 16.5. The Balaban J connectivity index is 1.58. The van der Waals surface area contributed by atoms with Crippen LogP contribution < -0.4 is 10.6 Å². The Bertz CT molecular complexity index is 249. The molecule has 84 valence electrons.